The van der Waals surface area contributed by atoms with Crippen LogP contribution in [0.1, 0.15) is 64.2 Å². The molecule has 2 rings (SSSR count). The zero-order valence-electron chi connectivity index (χ0n) is 14.6. The van der Waals surface area contributed by atoms with Crippen molar-refractivity contribution in [3.8, 4) is 0 Å². The second-order valence-electron chi connectivity index (χ2n) is 7.27. The molecule has 0 unspecified atom stereocenters. The van der Waals surface area contributed by atoms with Gasteiger partial charge in [-0.3, -0.25) is 9.59 Å². The third kappa shape index (κ3) is 6.40. The standard InChI is InChI=1S/C18H32N2O4/c19-15-7-3-13(4-8-15)17(21)23-11-1-2-12-24-18(22)14-5-9-16(20)10-6-14/h13-16H,1-12,19-20H2. The first kappa shape index (κ1) is 19.2. The van der Waals surface area contributed by atoms with E-state index in [1.807, 2.05) is 0 Å². The van der Waals surface area contributed by atoms with Crippen molar-refractivity contribution in [2.75, 3.05) is 13.2 Å². The van der Waals surface area contributed by atoms with Gasteiger partial charge in [-0.25, -0.2) is 0 Å². The molecule has 0 aliphatic heterocycles. The Balaban J connectivity index is 1.48. The number of carbonyl (C=O) groups excluding carboxylic acids is 2. The molecule has 0 aromatic heterocycles. The molecule has 24 heavy (non-hydrogen) atoms. The Morgan fingerprint density at radius 2 is 1.00 bits per heavy atom. The summed E-state index contributed by atoms with van der Waals surface area (Å²) in [6, 6.07) is 0.479. The number of ether oxygens (including phenoxy) is 2. The van der Waals surface area contributed by atoms with Crippen LogP contribution in [0, 0.1) is 11.8 Å². The van der Waals surface area contributed by atoms with E-state index in [0.29, 0.717) is 13.2 Å². The van der Waals surface area contributed by atoms with Gasteiger partial charge in [-0.15, -0.1) is 0 Å². The molecule has 0 spiro atoms. The molecule has 0 amide bonds. The molecule has 0 heterocycles. The van der Waals surface area contributed by atoms with Gasteiger partial charge in [0, 0.05) is 12.1 Å². The van der Waals surface area contributed by atoms with Gasteiger partial charge in [0.25, 0.3) is 0 Å². The van der Waals surface area contributed by atoms with E-state index in [1.54, 1.807) is 0 Å². The lowest BCUT2D eigenvalue weighted by atomic mass is 9.86. The molecule has 0 bridgehead atoms. The fraction of sp³-hybridized carbons (Fsp3) is 0.889. The number of rotatable bonds is 7. The summed E-state index contributed by atoms with van der Waals surface area (Å²) in [5.41, 5.74) is 11.7. The van der Waals surface area contributed by atoms with Gasteiger partial charge in [-0.2, -0.15) is 0 Å². The molecule has 0 atom stereocenters. The van der Waals surface area contributed by atoms with Crippen LogP contribution in [-0.2, 0) is 19.1 Å². The largest absolute Gasteiger partial charge is 0.465 e. The van der Waals surface area contributed by atoms with Crippen LogP contribution in [0.5, 0.6) is 0 Å². The Bertz CT molecular complexity index is 362. The van der Waals surface area contributed by atoms with Crippen molar-refractivity contribution in [2.24, 2.45) is 23.3 Å². The topological polar surface area (TPSA) is 105 Å². The van der Waals surface area contributed by atoms with Gasteiger partial charge >= 0.3 is 11.9 Å². The summed E-state index contributed by atoms with van der Waals surface area (Å²) in [6.07, 6.45) is 8.41. The number of esters is 2. The van der Waals surface area contributed by atoms with E-state index in [1.165, 1.54) is 0 Å². The first-order valence-corrected chi connectivity index (χ1v) is 9.40. The Kier molecular flexibility index (Phi) is 7.99. The van der Waals surface area contributed by atoms with Gasteiger partial charge in [-0.1, -0.05) is 0 Å². The quantitative estimate of drug-likeness (QED) is 0.542. The van der Waals surface area contributed by atoms with Gasteiger partial charge in [0.05, 0.1) is 25.0 Å². The first-order chi connectivity index (χ1) is 11.6. The average Bonchev–Trinajstić information content (AvgIpc) is 2.58. The van der Waals surface area contributed by atoms with Crippen LogP contribution >= 0.6 is 0 Å². The number of hydrogen-bond donors (Lipinski definition) is 2. The highest BCUT2D eigenvalue weighted by Gasteiger charge is 2.26. The minimum Gasteiger partial charge on any atom is -0.465 e. The molecule has 0 aromatic carbocycles. The van der Waals surface area contributed by atoms with E-state index in [2.05, 4.69) is 0 Å². The molecule has 6 heteroatoms. The smallest absolute Gasteiger partial charge is 0.308 e. The van der Waals surface area contributed by atoms with Crippen molar-refractivity contribution in [1.29, 1.82) is 0 Å². The zero-order valence-corrected chi connectivity index (χ0v) is 14.6. The zero-order chi connectivity index (χ0) is 17.4. The summed E-state index contributed by atoms with van der Waals surface area (Å²) in [5, 5.41) is 0. The lowest BCUT2D eigenvalue weighted by Crippen LogP contribution is -2.31. The van der Waals surface area contributed by atoms with Crippen LogP contribution in [0.3, 0.4) is 0 Å². The summed E-state index contributed by atoms with van der Waals surface area (Å²) in [4.78, 5) is 23.8. The predicted octanol–water partition coefficient (Wildman–Crippen LogP) is 1.89. The molecule has 4 N–H and O–H groups in total. The molecule has 6 nitrogen and oxygen atoms in total. The van der Waals surface area contributed by atoms with Crippen molar-refractivity contribution >= 4 is 11.9 Å². The van der Waals surface area contributed by atoms with E-state index in [4.69, 9.17) is 20.9 Å². The van der Waals surface area contributed by atoms with Crippen molar-refractivity contribution in [1.82, 2.24) is 0 Å². The SMILES string of the molecule is NC1CCC(C(=O)OCCCCOC(=O)C2CCC(N)CC2)CC1. The molecule has 2 saturated carbocycles. The van der Waals surface area contributed by atoms with Crippen molar-refractivity contribution in [2.45, 2.75) is 76.3 Å². The molecular formula is C18H32N2O4. The molecule has 0 radical (unpaired) electrons. The molecule has 2 aliphatic carbocycles. The highest BCUT2D eigenvalue weighted by atomic mass is 16.5. The lowest BCUT2D eigenvalue weighted by Gasteiger charge is -2.24. The lowest BCUT2D eigenvalue weighted by molar-refractivity contribution is -0.152. The molecule has 0 saturated heterocycles. The van der Waals surface area contributed by atoms with Gasteiger partial charge < -0.3 is 20.9 Å². The highest BCUT2D eigenvalue weighted by Crippen LogP contribution is 2.25. The maximum atomic E-state index is 11.9. The highest BCUT2D eigenvalue weighted by molar-refractivity contribution is 5.73. The van der Waals surface area contributed by atoms with E-state index in [0.717, 1.165) is 64.2 Å². The summed E-state index contributed by atoms with van der Waals surface area (Å²) in [7, 11) is 0. The van der Waals surface area contributed by atoms with Crippen LogP contribution in [0.25, 0.3) is 0 Å². The van der Waals surface area contributed by atoms with Crippen molar-refractivity contribution in [3.63, 3.8) is 0 Å². The Morgan fingerprint density at radius 3 is 1.33 bits per heavy atom. The minimum absolute atomic E-state index is 0.0142. The monoisotopic (exact) mass is 340 g/mol. The minimum atomic E-state index is -0.0996. The Labute approximate surface area is 144 Å². The Hall–Kier alpha value is -1.14. The number of carbonyl (C=O) groups is 2. The molecule has 0 aromatic rings. The summed E-state index contributed by atoms with van der Waals surface area (Å²) in [6.45, 7) is 0.800. The van der Waals surface area contributed by atoms with Crippen LogP contribution in [0.4, 0.5) is 0 Å². The maximum Gasteiger partial charge on any atom is 0.308 e. The summed E-state index contributed by atoms with van der Waals surface area (Å²) < 4.78 is 10.6. The number of unbranched alkanes of at least 4 members (excludes halogenated alkanes) is 1. The predicted molar refractivity (Wildman–Crippen MR) is 91.0 cm³/mol. The molecule has 2 aliphatic rings. The van der Waals surface area contributed by atoms with E-state index in [9.17, 15) is 9.59 Å². The third-order valence-electron chi connectivity index (χ3n) is 5.24. The van der Waals surface area contributed by atoms with Crippen LogP contribution < -0.4 is 11.5 Å². The first-order valence-electron chi connectivity index (χ1n) is 9.40. The van der Waals surface area contributed by atoms with Gasteiger partial charge in [-0.05, 0) is 64.2 Å². The fourth-order valence-electron chi connectivity index (χ4n) is 3.50. The van der Waals surface area contributed by atoms with E-state index >= 15 is 0 Å². The average molecular weight is 340 g/mol. The summed E-state index contributed by atoms with van der Waals surface area (Å²) >= 11 is 0. The normalized spacial score (nSPS) is 30.6. The van der Waals surface area contributed by atoms with E-state index < -0.39 is 0 Å². The van der Waals surface area contributed by atoms with Gasteiger partial charge in [0.1, 0.15) is 0 Å². The van der Waals surface area contributed by atoms with Crippen molar-refractivity contribution in [3.05, 3.63) is 0 Å². The van der Waals surface area contributed by atoms with Gasteiger partial charge in [0.2, 0.25) is 0 Å². The second kappa shape index (κ2) is 9.99. The number of nitrogens with two attached hydrogens (primary N) is 2. The summed E-state index contributed by atoms with van der Waals surface area (Å²) in [5.74, 6) is -0.171. The molecule has 2 fully saturated rings. The number of hydrogen-bond acceptors (Lipinski definition) is 6. The van der Waals surface area contributed by atoms with Crippen LogP contribution in [0.2, 0.25) is 0 Å². The fourth-order valence-corrected chi connectivity index (χ4v) is 3.50. The van der Waals surface area contributed by atoms with Crippen molar-refractivity contribution < 1.29 is 19.1 Å². The van der Waals surface area contributed by atoms with Gasteiger partial charge in [0.15, 0.2) is 0 Å². The molecule has 138 valence electrons. The van der Waals surface area contributed by atoms with Crippen LogP contribution in [-0.4, -0.2) is 37.2 Å². The Morgan fingerprint density at radius 1 is 0.667 bits per heavy atom. The van der Waals surface area contributed by atoms with Crippen LogP contribution in [0.15, 0.2) is 0 Å². The maximum absolute atomic E-state index is 11.9. The third-order valence-corrected chi connectivity index (χ3v) is 5.24. The molecular weight excluding hydrogens is 308 g/mol. The second-order valence-corrected chi connectivity index (χ2v) is 7.27. The van der Waals surface area contributed by atoms with E-state index in [-0.39, 0.29) is 35.9 Å².